The zero-order chi connectivity index (χ0) is 17.5. The number of hydrogen-bond donors (Lipinski definition) is 2. The normalized spacial score (nSPS) is 14.9. The van der Waals surface area contributed by atoms with E-state index >= 15 is 0 Å². The van der Waals surface area contributed by atoms with Crippen LogP contribution < -0.4 is 10.6 Å². The molecule has 1 fully saturated rings. The van der Waals surface area contributed by atoms with Crippen molar-refractivity contribution < 1.29 is 9.59 Å². The third-order valence-corrected chi connectivity index (χ3v) is 4.60. The summed E-state index contributed by atoms with van der Waals surface area (Å²) in [6.07, 6.45) is 10.7. The molecule has 132 valence electrons. The van der Waals surface area contributed by atoms with Crippen molar-refractivity contribution in [1.82, 2.24) is 20.2 Å². The van der Waals surface area contributed by atoms with Gasteiger partial charge in [0.25, 0.3) is 5.91 Å². The van der Waals surface area contributed by atoms with Crippen LogP contribution in [-0.2, 0) is 4.79 Å². The molecule has 0 spiro atoms. The van der Waals surface area contributed by atoms with Crippen molar-refractivity contribution in [2.75, 3.05) is 13.1 Å². The largest absolute Gasteiger partial charge is 0.354 e. The van der Waals surface area contributed by atoms with Crippen LogP contribution in [0.2, 0.25) is 0 Å². The summed E-state index contributed by atoms with van der Waals surface area (Å²) >= 11 is 0. The second-order valence-electron chi connectivity index (χ2n) is 6.40. The lowest BCUT2D eigenvalue weighted by molar-refractivity contribution is -0.125. The van der Waals surface area contributed by atoms with E-state index < -0.39 is 0 Å². The van der Waals surface area contributed by atoms with E-state index in [0.717, 1.165) is 31.4 Å². The first-order valence-corrected chi connectivity index (χ1v) is 8.88. The molecule has 0 bridgehead atoms. The molecule has 2 aromatic rings. The van der Waals surface area contributed by atoms with E-state index in [-0.39, 0.29) is 17.7 Å². The monoisotopic (exact) mass is 340 g/mol. The van der Waals surface area contributed by atoms with Crippen molar-refractivity contribution in [2.24, 2.45) is 5.92 Å². The van der Waals surface area contributed by atoms with Gasteiger partial charge < -0.3 is 15.2 Å². The highest BCUT2D eigenvalue weighted by molar-refractivity contribution is 5.94. The molecule has 0 unspecified atom stereocenters. The topological polar surface area (TPSA) is 76.0 Å². The first kappa shape index (κ1) is 17.2. The fraction of sp³-hybridized carbons (Fsp3) is 0.421. The summed E-state index contributed by atoms with van der Waals surface area (Å²) in [5, 5.41) is 5.78. The predicted molar refractivity (Wildman–Crippen MR) is 95.5 cm³/mol. The van der Waals surface area contributed by atoms with Gasteiger partial charge in [0.1, 0.15) is 0 Å². The molecule has 1 aliphatic rings. The van der Waals surface area contributed by atoms with Crippen molar-refractivity contribution in [3.63, 3.8) is 0 Å². The summed E-state index contributed by atoms with van der Waals surface area (Å²) in [5.74, 6) is 0.126. The minimum absolute atomic E-state index is 0.121. The molecule has 0 atom stereocenters. The second-order valence-corrected chi connectivity index (χ2v) is 6.40. The number of benzene rings is 1. The molecule has 0 radical (unpaired) electrons. The molecule has 1 aromatic carbocycles. The molecule has 1 aromatic heterocycles. The lowest BCUT2D eigenvalue weighted by Gasteiger charge is -2.20. The Morgan fingerprint density at radius 2 is 1.92 bits per heavy atom. The zero-order valence-electron chi connectivity index (χ0n) is 14.3. The van der Waals surface area contributed by atoms with Gasteiger partial charge in [0, 0.05) is 42.7 Å². The number of nitrogens with zero attached hydrogens (tertiary/aromatic N) is 2. The number of imidazole rings is 1. The lowest BCUT2D eigenvalue weighted by Crippen LogP contribution is -2.38. The van der Waals surface area contributed by atoms with Crippen molar-refractivity contribution in [2.45, 2.75) is 32.1 Å². The van der Waals surface area contributed by atoms with E-state index in [9.17, 15) is 9.59 Å². The van der Waals surface area contributed by atoms with Gasteiger partial charge in [-0.1, -0.05) is 25.3 Å². The number of hydrogen-bond acceptors (Lipinski definition) is 3. The number of amides is 2. The van der Waals surface area contributed by atoms with Crippen LogP contribution in [-0.4, -0.2) is 34.5 Å². The summed E-state index contributed by atoms with van der Waals surface area (Å²) in [5.41, 5.74) is 1.47. The third-order valence-electron chi connectivity index (χ3n) is 4.60. The van der Waals surface area contributed by atoms with Crippen LogP contribution in [0.25, 0.3) is 5.69 Å². The Morgan fingerprint density at radius 3 is 2.68 bits per heavy atom. The third kappa shape index (κ3) is 4.68. The van der Waals surface area contributed by atoms with E-state index in [1.165, 1.54) is 6.42 Å². The maximum atomic E-state index is 12.3. The standard InChI is InChI=1S/C19H24N4O2/c24-18(15-5-2-1-3-6-15)21-9-10-22-19(25)16-7-4-8-17(13-16)23-12-11-20-14-23/h4,7-8,11-15H,1-3,5-6,9-10H2,(H,21,24)(H,22,25). The molecule has 0 aliphatic heterocycles. The number of nitrogens with one attached hydrogen (secondary N) is 2. The molecule has 3 rings (SSSR count). The van der Waals surface area contributed by atoms with Gasteiger partial charge in [-0.25, -0.2) is 4.98 Å². The highest BCUT2D eigenvalue weighted by Crippen LogP contribution is 2.23. The Morgan fingerprint density at radius 1 is 1.12 bits per heavy atom. The average Bonchev–Trinajstić information content (AvgIpc) is 3.20. The van der Waals surface area contributed by atoms with Crippen LogP contribution in [0.3, 0.4) is 0 Å². The SMILES string of the molecule is O=C(NCCNC(=O)C1CCCCC1)c1cccc(-n2ccnc2)c1. The fourth-order valence-corrected chi connectivity index (χ4v) is 3.19. The van der Waals surface area contributed by atoms with Crippen molar-refractivity contribution in [3.05, 3.63) is 48.5 Å². The minimum Gasteiger partial charge on any atom is -0.354 e. The molecule has 6 nitrogen and oxygen atoms in total. The van der Waals surface area contributed by atoms with Crippen molar-refractivity contribution >= 4 is 11.8 Å². The van der Waals surface area contributed by atoms with Gasteiger partial charge in [-0.15, -0.1) is 0 Å². The highest BCUT2D eigenvalue weighted by atomic mass is 16.2. The predicted octanol–water partition coefficient (Wildman–Crippen LogP) is 2.30. The minimum atomic E-state index is -0.145. The molecule has 6 heteroatoms. The molecule has 1 saturated carbocycles. The van der Waals surface area contributed by atoms with Crippen LogP contribution in [0.1, 0.15) is 42.5 Å². The van der Waals surface area contributed by atoms with Gasteiger partial charge in [-0.2, -0.15) is 0 Å². The van der Waals surface area contributed by atoms with E-state index in [0.29, 0.717) is 18.7 Å². The van der Waals surface area contributed by atoms with E-state index in [1.54, 1.807) is 18.6 Å². The van der Waals surface area contributed by atoms with Crippen LogP contribution in [0.5, 0.6) is 0 Å². The highest BCUT2D eigenvalue weighted by Gasteiger charge is 2.20. The summed E-state index contributed by atoms with van der Waals surface area (Å²) in [4.78, 5) is 28.3. The molecule has 0 saturated heterocycles. The van der Waals surface area contributed by atoms with Crippen LogP contribution in [0.15, 0.2) is 43.0 Å². The smallest absolute Gasteiger partial charge is 0.251 e. The molecular formula is C19H24N4O2. The fourth-order valence-electron chi connectivity index (χ4n) is 3.19. The van der Waals surface area contributed by atoms with Crippen LogP contribution >= 0.6 is 0 Å². The van der Waals surface area contributed by atoms with Crippen molar-refractivity contribution in [3.8, 4) is 5.69 Å². The molecule has 1 heterocycles. The summed E-state index contributed by atoms with van der Waals surface area (Å²) in [7, 11) is 0. The summed E-state index contributed by atoms with van der Waals surface area (Å²) < 4.78 is 1.85. The maximum absolute atomic E-state index is 12.3. The quantitative estimate of drug-likeness (QED) is 0.792. The Bertz CT molecular complexity index is 706. The summed E-state index contributed by atoms with van der Waals surface area (Å²) in [6, 6.07) is 7.35. The van der Waals surface area contributed by atoms with E-state index in [4.69, 9.17) is 0 Å². The van der Waals surface area contributed by atoms with Gasteiger partial charge in [0.05, 0.1) is 6.33 Å². The van der Waals surface area contributed by atoms with Crippen LogP contribution in [0, 0.1) is 5.92 Å². The average molecular weight is 340 g/mol. The molecule has 2 N–H and O–H groups in total. The second kappa shape index (κ2) is 8.46. The van der Waals surface area contributed by atoms with Gasteiger partial charge in [-0.05, 0) is 31.0 Å². The molecule has 1 aliphatic carbocycles. The Balaban J connectivity index is 1.45. The van der Waals surface area contributed by atoms with E-state index in [2.05, 4.69) is 15.6 Å². The zero-order valence-corrected chi connectivity index (χ0v) is 14.3. The Kier molecular flexibility index (Phi) is 5.82. The number of rotatable bonds is 6. The van der Waals surface area contributed by atoms with Gasteiger partial charge in [-0.3, -0.25) is 9.59 Å². The first-order chi connectivity index (χ1) is 12.2. The van der Waals surface area contributed by atoms with E-state index in [1.807, 2.05) is 29.0 Å². The van der Waals surface area contributed by atoms with Gasteiger partial charge >= 0.3 is 0 Å². The number of aromatic nitrogens is 2. The number of carbonyl (C=O) groups is 2. The summed E-state index contributed by atoms with van der Waals surface area (Å²) in [6.45, 7) is 0.884. The van der Waals surface area contributed by atoms with Gasteiger partial charge in [0.2, 0.25) is 5.91 Å². The number of carbonyl (C=O) groups excluding carboxylic acids is 2. The lowest BCUT2D eigenvalue weighted by atomic mass is 9.89. The van der Waals surface area contributed by atoms with Crippen LogP contribution in [0.4, 0.5) is 0 Å². The maximum Gasteiger partial charge on any atom is 0.251 e. The Hall–Kier alpha value is -2.63. The van der Waals surface area contributed by atoms with Crippen molar-refractivity contribution in [1.29, 1.82) is 0 Å². The first-order valence-electron chi connectivity index (χ1n) is 8.88. The van der Waals surface area contributed by atoms with Gasteiger partial charge in [0.15, 0.2) is 0 Å². The Labute approximate surface area is 147 Å². The molecular weight excluding hydrogens is 316 g/mol. The molecule has 2 amide bonds. The molecule has 25 heavy (non-hydrogen) atoms.